The van der Waals surface area contributed by atoms with Gasteiger partial charge in [-0.2, -0.15) is 0 Å². The minimum absolute atomic E-state index is 0.0848. The van der Waals surface area contributed by atoms with Gasteiger partial charge in [-0.05, 0) is 39.1 Å². The van der Waals surface area contributed by atoms with Gasteiger partial charge in [-0.1, -0.05) is 0 Å². The highest BCUT2D eigenvalue weighted by Gasteiger charge is 2.21. The summed E-state index contributed by atoms with van der Waals surface area (Å²) in [4.78, 5) is 16.8. The van der Waals surface area contributed by atoms with E-state index in [1.54, 1.807) is 7.11 Å². The maximum Gasteiger partial charge on any atom is 0.253 e. The quantitative estimate of drug-likeness (QED) is 0.834. The number of hydrogen-bond acceptors (Lipinski definition) is 4. The van der Waals surface area contributed by atoms with Crippen LogP contribution >= 0.6 is 0 Å². The Morgan fingerprint density at radius 2 is 1.91 bits per heavy atom. The highest BCUT2D eigenvalue weighted by atomic mass is 16.5. The third-order valence-corrected chi connectivity index (χ3v) is 3.89. The van der Waals surface area contributed by atoms with Gasteiger partial charge in [0.1, 0.15) is 5.75 Å². The summed E-state index contributed by atoms with van der Waals surface area (Å²) in [5.74, 6) is 0.845. The van der Waals surface area contributed by atoms with Crippen LogP contribution in [0.1, 0.15) is 29.8 Å². The molecule has 22 heavy (non-hydrogen) atoms. The van der Waals surface area contributed by atoms with Gasteiger partial charge in [-0.3, -0.25) is 4.79 Å². The summed E-state index contributed by atoms with van der Waals surface area (Å²) in [6, 6.07) is 5.57. The van der Waals surface area contributed by atoms with Crippen molar-refractivity contribution < 1.29 is 14.3 Å². The van der Waals surface area contributed by atoms with Crippen molar-refractivity contribution in [2.75, 3.05) is 40.3 Å². The molecule has 2 rings (SSSR count). The van der Waals surface area contributed by atoms with Crippen LogP contribution in [-0.4, -0.2) is 62.1 Å². The number of likely N-dealkylation sites (N-methyl/N-ethyl adjacent to an activating group) is 1. The molecule has 5 nitrogen and oxygen atoms in total. The minimum atomic E-state index is 0.0848. The third kappa shape index (κ3) is 4.21. The van der Waals surface area contributed by atoms with Gasteiger partial charge in [0, 0.05) is 37.3 Å². The summed E-state index contributed by atoms with van der Waals surface area (Å²) < 4.78 is 11.0. The monoisotopic (exact) mass is 306 g/mol. The molecule has 0 spiro atoms. The van der Waals surface area contributed by atoms with E-state index in [9.17, 15) is 4.79 Å². The molecule has 1 aromatic rings. The lowest BCUT2D eigenvalue weighted by molar-refractivity contribution is 0.0636. The van der Waals surface area contributed by atoms with E-state index in [2.05, 4.69) is 11.9 Å². The third-order valence-electron chi connectivity index (χ3n) is 3.89. The Bertz CT molecular complexity index is 509. The lowest BCUT2D eigenvalue weighted by Gasteiger charge is -2.32. The first-order chi connectivity index (χ1) is 10.5. The lowest BCUT2D eigenvalue weighted by atomic mass is 10.1. The van der Waals surface area contributed by atoms with Crippen molar-refractivity contribution in [2.24, 2.45) is 0 Å². The van der Waals surface area contributed by atoms with Crippen LogP contribution in [0.3, 0.4) is 0 Å². The Labute approximate surface area is 132 Å². The fourth-order valence-corrected chi connectivity index (χ4v) is 2.47. The number of carbonyl (C=O) groups excluding carboxylic acids is 1. The molecule has 0 aliphatic carbocycles. The predicted octanol–water partition coefficient (Wildman–Crippen LogP) is 2.01. The Balaban J connectivity index is 2.13. The topological polar surface area (TPSA) is 42.0 Å². The van der Waals surface area contributed by atoms with Gasteiger partial charge < -0.3 is 19.3 Å². The van der Waals surface area contributed by atoms with Crippen LogP contribution in [0.4, 0.5) is 0 Å². The predicted molar refractivity (Wildman–Crippen MR) is 86.3 cm³/mol. The number of rotatable bonds is 5. The normalized spacial score (nSPS) is 16.1. The van der Waals surface area contributed by atoms with E-state index in [1.165, 1.54) is 0 Å². The maximum absolute atomic E-state index is 12.6. The van der Waals surface area contributed by atoms with Crippen molar-refractivity contribution in [1.82, 2.24) is 9.80 Å². The first-order valence-electron chi connectivity index (χ1n) is 7.77. The molecule has 0 bridgehead atoms. The van der Waals surface area contributed by atoms with Gasteiger partial charge in [0.2, 0.25) is 0 Å². The zero-order chi connectivity index (χ0) is 16.1. The number of benzene rings is 1. The summed E-state index contributed by atoms with van der Waals surface area (Å²) in [7, 11) is 3.72. The second kappa shape index (κ2) is 7.61. The van der Waals surface area contributed by atoms with E-state index in [-0.39, 0.29) is 12.0 Å². The van der Waals surface area contributed by atoms with Crippen LogP contribution in [0, 0.1) is 0 Å². The van der Waals surface area contributed by atoms with E-state index in [4.69, 9.17) is 9.47 Å². The molecule has 0 radical (unpaired) electrons. The number of hydrogen-bond donors (Lipinski definition) is 0. The lowest BCUT2D eigenvalue weighted by Crippen LogP contribution is -2.47. The minimum Gasteiger partial charge on any atom is -0.496 e. The van der Waals surface area contributed by atoms with Gasteiger partial charge in [-0.15, -0.1) is 0 Å². The van der Waals surface area contributed by atoms with E-state index in [1.807, 2.05) is 36.9 Å². The Morgan fingerprint density at radius 1 is 1.23 bits per heavy atom. The fraction of sp³-hybridized carbons (Fsp3) is 0.588. The first kappa shape index (κ1) is 16.8. The van der Waals surface area contributed by atoms with Gasteiger partial charge in [-0.25, -0.2) is 0 Å². The summed E-state index contributed by atoms with van der Waals surface area (Å²) in [6.07, 6.45) is 0.140. The van der Waals surface area contributed by atoms with Gasteiger partial charge in [0.05, 0.1) is 19.8 Å². The molecule has 0 N–H and O–H groups in total. The molecule has 1 aliphatic rings. The van der Waals surface area contributed by atoms with Crippen molar-refractivity contribution in [3.63, 3.8) is 0 Å². The molecule has 122 valence electrons. The fourth-order valence-electron chi connectivity index (χ4n) is 2.47. The standard InChI is InChI=1S/C17H26N2O3/c1-13(2)22-12-15-11-14(5-6-16(15)21-4)17(20)19-9-7-18(3)8-10-19/h5-6,11,13H,7-10,12H2,1-4H3. The van der Waals surface area contributed by atoms with Gasteiger partial charge >= 0.3 is 0 Å². The second-order valence-corrected chi connectivity index (χ2v) is 5.98. The highest BCUT2D eigenvalue weighted by molar-refractivity contribution is 5.94. The van der Waals surface area contributed by atoms with Crippen molar-refractivity contribution in [3.8, 4) is 5.75 Å². The molecule has 1 fully saturated rings. The van der Waals surface area contributed by atoms with E-state index < -0.39 is 0 Å². The number of methoxy groups -OCH3 is 1. The van der Waals surface area contributed by atoms with E-state index >= 15 is 0 Å². The summed E-state index contributed by atoms with van der Waals surface area (Å²) >= 11 is 0. The number of nitrogens with zero attached hydrogens (tertiary/aromatic N) is 2. The summed E-state index contributed by atoms with van der Waals surface area (Å²) in [5, 5.41) is 0. The average Bonchev–Trinajstić information content (AvgIpc) is 2.52. The molecular formula is C17H26N2O3. The number of ether oxygens (including phenoxy) is 2. The van der Waals surface area contributed by atoms with Crippen LogP contribution in [0.2, 0.25) is 0 Å². The molecular weight excluding hydrogens is 280 g/mol. The average molecular weight is 306 g/mol. The zero-order valence-electron chi connectivity index (χ0n) is 14.0. The maximum atomic E-state index is 12.6. The molecule has 0 saturated carbocycles. The molecule has 1 heterocycles. The molecule has 0 unspecified atom stereocenters. The smallest absolute Gasteiger partial charge is 0.253 e. The molecule has 1 aromatic carbocycles. The highest BCUT2D eigenvalue weighted by Crippen LogP contribution is 2.22. The van der Waals surface area contributed by atoms with Gasteiger partial charge in [0.15, 0.2) is 0 Å². The van der Waals surface area contributed by atoms with Crippen molar-refractivity contribution in [1.29, 1.82) is 0 Å². The molecule has 0 aromatic heterocycles. The van der Waals surface area contributed by atoms with Crippen molar-refractivity contribution >= 4 is 5.91 Å². The molecule has 1 amide bonds. The molecule has 1 saturated heterocycles. The number of carbonyl (C=O) groups is 1. The first-order valence-corrected chi connectivity index (χ1v) is 7.77. The Kier molecular flexibility index (Phi) is 5.80. The van der Waals surface area contributed by atoms with Crippen LogP contribution in [0.25, 0.3) is 0 Å². The largest absolute Gasteiger partial charge is 0.496 e. The molecule has 5 heteroatoms. The molecule has 1 aliphatic heterocycles. The van der Waals surface area contributed by atoms with Crippen LogP contribution in [0.15, 0.2) is 18.2 Å². The van der Waals surface area contributed by atoms with Crippen molar-refractivity contribution in [3.05, 3.63) is 29.3 Å². The van der Waals surface area contributed by atoms with E-state index in [0.717, 1.165) is 37.5 Å². The number of amides is 1. The van der Waals surface area contributed by atoms with Crippen LogP contribution in [0.5, 0.6) is 5.75 Å². The van der Waals surface area contributed by atoms with Crippen LogP contribution < -0.4 is 4.74 Å². The number of piperazine rings is 1. The van der Waals surface area contributed by atoms with Crippen molar-refractivity contribution in [2.45, 2.75) is 26.6 Å². The summed E-state index contributed by atoms with van der Waals surface area (Å²) in [6.45, 7) is 7.83. The van der Waals surface area contributed by atoms with Crippen LogP contribution in [-0.2, 0) is 11.3 Å². The Hall–Kier alpha value is -1.59. The van der Waals surface area contributed by atoms with E-state index in [0.29, 0.717) is 12.2 Å². The second-order valence-electron chi connectivity index (χ2n) is 5.98. The Morgan fingerprint density at radius 3 is 2.50 bits per heavy atom. The summed E-state index contributed by atoms with van der Waals surface area (Å²) in [5.41, 5.74) is 1.61. The molecule has 0 atom stereocenters. The van der Waals surface area contributed by atoms with Gasteiger partial charge in [0.25, 0.3) is 5.91 Å². The SMILES string of the molecule is COc1ccc(C(=O)N2CCN(C)CC2)cc1COC(C)C. The zero-order valence-corrected chi connectivity index (χ0v) is 14.0.